The largest absolute Gasteiger partial charge is 0.367 e. The lowest BCUT2D eigenvalue weighted by Gasteiger charge is -2.48. The fourth-order valence-corrected chi connectivity index (χ4v) is 6.12. The van der Waals surface area contributed by atoms with Crippen molar-refractivity contribution >= 4 is 28.4 Å². The van der Waals surface area contributed by atoms with Gasteiger partial charge in [-0.1, -0.05) is 0 Å². The van der Waals surface area contributed by atoms with Crippen molar-refractivity contribution in [2.45, 2.75) is 63.6 Å². The maximum Gasteiger partial charge on any atom is 0.153 e. The summed E-state index contributed by atoms with van der Waals surface area (Å²) in [7, 11) is 0. The summed E-state index contributed by atoms with van der Waals surface area (Å²) < 4.78 is 0. The Bertz CT molecular complexity index is 1180. The molecule has 4 N–H and O–H groups in total. The van der Waals surface area contributed by atoms with Crippen LogP contribution in [0, 0.1) is 36.0 Å². The number of nitrogens with zero attached hydrogens (tertiary/aromatic N) is 4. The van der Waals surface area contributed by atoms with Crippen molar-refractivity contribution in [1.82, 2.24) is 25.5 Å². The van der Waals surface area contributed by atoms with E-state index in [2.05, 4.69) is 43.3 Å². The summed E-state index contributed by atoms with van der Waals surface area (Å²) in [4.78, 5) is 9.48. The summed E-state index contributed by atoms with van der Waals surface area (Å²) >= 11 is 0. The third-order valence-corrected chi connectivity index (χ3v) is 7.71. The van der Waals surface area contributed by atoms with Gasteiger partial charge in [0, 0.05) is 53.5 Å². The van der Waals surface area contributed by atoms with Gasteiger partial charge in [0.25, 0.3) is 0 Å². The first-order valence-electron chi connectivity index (χ1n) is 12.1. The zero-order valence-electron chi connectivity index (χ0n) is 18.9. The van der Waals surface area contributed by atoms with Gasteiger partial charge in [0.2, 0.25) is 0 Å². The summed E-state index contributed by atoms with van der Waals surface area (Å²) in [5.41, 5.74) is 1.91. The van der Waals surface area contributed by atoms with Gasteiger partial charge in [-0.2, -0.15) is 10.4 Å². The normalized spacial score (nSPS) is 30.9. The summed E-state index contributed by atoms with van der Waals surface area (Å²) in [6.07, 6.45) is 8.70. The minimum atomic E-state index is 0.304. The summed E-state index contributed by atoms with van der Waals surface area (Å²) in [5, 5.41) is 28.3. The van der Waals surface area contributed by atoms with E-state index in [0.29, 0.717) is 24.0 Å². The van der Waals surface area contributed by atoms with Crippen LogP contribution in [0.2, 0.25) is 0 Å². The number of hydrogen-bond acceptors (Lipinski definition) is 7. The quantitative estimate of drug-likeness (QED) is 0.467. The highest BCUT2D eigenvalue weighted by molar-refractivity contribution is 5.91. The van der Waals surface area contributed by atoms with Crippen LogP contribution in [-0.2, 0) is 0 Å². The Kier molecular flexibility index (Phi) is 5.14. The van der Waals surface area contributed by atoms with Gasteiger partial charge in [-0.15, -0.1) is 0 Å². The average molecular weight is 443 g/mol. The van der Waals surface area contributed by atoms with Crippen LogP contribution in [0.3, 0.4) is 0 Å². The van der Waals surface area contributed by atoms with Crippen LogP contribution in [-0.4, -0.2) is 38.3 Å². The fourth-order valence-electron chi connectivity index (χ4n) is 6.12. The number of aromatic amines is 1. The zero-order chi connectivity index (χ0) is 22.4. The summed E-state index contributed by atoms with van der Waals surface area (Å²) in [6, 6.07) is 11.9. The predicted octanol–water partition coefficient (Wildman–Crippen LogP) is 4.27. The highest BCUT2D eigenvalue weighted by atomic mass is 15.2. The molecule has 2 aliphatic heterocycles. The predicted molar refractivity (Wildman–Crippen MR) is 128 cm³/mol. The number of piperidine rings is 2. The Morgan fingerprint density at radius 2 is 1.82 bits per heavy atom. The Labute approximate surface area is 193 Å². The summed E-state index contributed by atoms with van der Waals surface area (Å²) in [5.74, 6) is 4.21. The number of anilines is 3. The molecule has 0 spiro atoms. The third kappa shape index (κ3) is 4.13. The number of nitriles is 1. The van der Waals surface area contributed by atoms with Gasteiger partial charge in [-0.3, -0.25) is 10.1 Å². The molecule has 2 atom stereocenters. The lowest BCUT2D eigenvalue weighted by molar-refractivity contribution is 0.0770. The first-order chi connectivity index (χ1) is 16.1. The van der Waals surface area contributed by atoms with Crippen molar-refractivity contribution in [1.29, 1.82) is 5.26 Å². The molecular formula is C25H30N8. The molecule has 0 aromatic carbocycles. The number of hydrogen-bond donors (Lipinski definition) is 4. The number of rotatable bonds is 5. The highest BCUT2D eigenvalue weighted by Gasteiger charge is 2.42. The van der Waals surface area contributed by atoms with Gasteiger partial charge in [-0.25, -0.2) is 4.98 Å². The van der Waals surface area contributed by atoms with E-state index in [9.17, 15) is 0 Å². The zero-order valence-corrected chi connectivity index (χ0v) is 18.9. The van der Waals surface area contributed by atoms with Gasteiger partial charge in [0.15, 0.2) is 5.82 Å². The van der Waals surface area contributed by atoms with Crippen molar-refractivity contribution in [3.8, 4) is 6.07 Å². The molecule has 0 unspecified atom stereocenters. The number of nitrogens with one attached hydrogen (secondary N) is 4. The molecule has 3 aromatic rings. The number of H-pyrrole nitrogens is 1. The molecule has 8 heteroatoms. The van der Waals surface area contributed by atoms with Crippen molar-refractivity contribution in [3.63, 3.8) is 0 Å². The minimum Gasteiger partial charge on any atom is -0.367 e. The van der Waals surface area contributed by atoms with Gasteiger partial charge in [0.05, 0.1) is 11.6 Å². The SMILES string of the molecule is Cc1cc(Nc2cc3ncccc3c(NC3C[C@H]4CC([C@H]5C[C@@H](C#N)C5)C[C@H](C3)N4)n2)n[nH]1. The second kappa shape index (κ2) is 8.31. The van der Waals surface area contributed by atoms with E-state index in [1.165, 1.54) is 12.8 Å². The number of aryl methyl sites for hydroxylation is 1. The van der Waals surface area contributed by atoms with Gasteiger partial charge < -0.3 is 16.0 Å². The first-order valence-corrected chi connectivity index (χ1v) is 12.1. The van der Waals surface area contributed by atoms with Crippen LogP contribution >= 0.6 is 0 Å². The second-order valence-electron chi connectivity index (χ2n) is 10.1. The summed E-state index contributed by atoms with van der Waals surface area (Å²) in [6.45, 7) is 1.98. The molecule has 170 valence electrons. The Morgan fingerprint density at radius 1 is 1.03 bits per heavy atom. The molecule has 3 fully saturated rings. The van der Waals surface area contributed by atoms with Crippen LogP contribution in [0.5, 0.6) is 0 Å². The maximum absolute atomic E-state index is 9.13. The lowest BCUT2D eigenvalue weighted by atomic mass is 9.63. The molecule has 0 radical (unpaired) electrons. The van der Waals surface area contributed by atoms with Crippen molar-refractivity contribution in [3.05, 3.63) is 36.2 Å². The molecule has 2 saturated heterocycles. The van der Waals surface area contributed by atoms with Gasteiger partial charge in [-0.05, 0) is 69.4 Å². The maximum atomic E-state index is 9.13. The van der Waals surface area contributed by atoms with Crippen LogP contribution in [0.15, 0.2) is 30.5 Å². The van der Waals surface area contributed by atoms with E-state index < -0.39 is 0 Å². The number of fused-ring (bicyclic) bond motifs is 3. The molecule has 6 rings (SSSR count). The van der Waals surface area contributed by atoms with Gasteiger partial charge >= 0.3 is 0 Å². The fraction of sp³-hybridized carbons (Fsp3) is 0.520. The van der Waals surface area contributed by atoms with E-state index in [4.69, 9.17) is 10.2 Å². The van der Waals surface area contributed by atoms with Crippen LogP contribution in [0.1, 0.15) is 44.2 Å². The Hall–Kier alpha value is -3.18. The van der Waals surface area contributed by atoms with Crippen LogP contribution in [0.4, 0.5) is 17.5 Å². The minimum absolute atomic E-state index is 0.304. The monoisotopic (exact) mass is 442 g/mol. The lowest BCUT2D eigenvalue weighted by Crippen LogP contribution is -2.55. The van der Waals surface area contributed by atoms with Crippen molar-refractivity contribution in [2.75, 3.05) is 10.6 Å². The molecule has 33 heavy (non-hydrogen) atoms. The average Bonchev–Trinajstić information content (AvgIpc) is 3.17. The molecule has 8 nitrogen and oxygen atoms in total. The molecular weight excluding hydrogens is 412 g/mol. The van der Waals surface area contributed by atoms with E-state index in [0.717, 1.165) is 71.6 Å². The molecule has 1 saturated carbocycles. The molecule has 5 heterocycles. The molecule has 0 amide bonds. The van der Waals surface area contributed by atoms with E-state index in [1.54, 1.807) is 0 Å². The highest BCUT2D eigenvalue weighted by Crippen LogP contribution is 2.45. The molecule has 3 aromatic heterocycles. The van der Waals surface area contributed by atoms with E-state index in [1.807, 2.05) is 31.3 Å². The topological polar surface area (TPSA) is 114 Å². The number of pyridine rings is 2. The van der Waals surface area contributed by atoms with Crippen LogP contribution in [0.25, 0.3) is 10.9 Å². The van der Waals surface area contributed by atoms with E-state index in [-0.39, 0.29) is 0 Å². The Balaban J connectivity index is 1.18. The standard InChI is InChI=1S/C25H30N8/c1-14-5-24(33-32-14)30-23-12-22-21(3-2-4-27-22)25(31-23)29-20-10-18-8-17(9-19(11-20)28-18)16-6-15(7-16)13-26/h2-5,12,15-20,28H,6-11H2,1H3,(H3,29,30,31,32,33)/t15-,16+,17?,18-,19-,20?/m1/s1. The Morgan fingerprint density at radius 3 is 2.55 bits per heavy atom. The molecule has 1 aliphatic carbocycles. The van der Waals surface area contributed by atoms with Crippen molar-refractivity contribution in [2.24, 2.45) is 17.8 Å². The third-order valence-electron chi connectivity index (χ3n) is 7.71. The van der Waals surface area contributed by atoms with Crippen LogP contribution < -0.4 is 16.0 Å². The smallest absolute Gasteiger partial charge is 0.153 e. The first kappa shape index (κ1) is 20.4. The molecule has 3 aliphatic rings. The molecule has 2 bridgehead atoms. The van der Waals surface area contributed by atoms with Crippen molar-refractivity contribution < 1.29 is 0 Å². The van der Waals surface area contributed by atoms with E-state index >= 15 is 0 Å². The second-order valence-corrected chi connectivity index (χ2v) is 10.1. The van der Waals surface area contributed by atoms with Gasteiger partial charge in [0.1, 0.15) is 11.6 Å². The number of aromatic nitrogens is 4.